The van der Waals surface area contributed by atoms with E-state index in [0.29, 0.717) is 35.9 Å². The topological polar surface area (TPSA) is 147 Å². The lowest BCUT2D eigenvalue weighted by molar-refractivity contribution is -0.156. The molecule has 4 N–H and O–H groups in total. The maximum absolute atomic E-state index is 13.2. The van der Waals surface area contributed by atoms with Gasteiger partial charge in [0.05, 0.1) is 40.0 Å². The molecule has 11 heteroatoms. The van der Waals surface area contributed by atoms with Gasteiger partial charge in [0.2, 0.25) is 11.8 Å². The van der Waals surface area contributed by atoms with Crippen LogP contribution in [0.3, 0.4) is 0 Å². The van der Waals surface area contributed by atoms with Gasteiger partial charge in [0.25, 0.3) is 0 Å². The molecule has 2 heterocycles. The number of aromatic hydroxyl groups is 1. The van der Waals surface area contributed by atoms with Crippen LogP contribution in [0.4, 0.5) is 5.69 Å². The van der Waals surface area contributed by atoms with Crippen LogP contribution in [0.25, 0.3) is 10.2 Å². The van der Waals surface area contributed by atoms with Gasteiger partial charge < -0.3 is 30.3 Å². The molecule has 1 fully saturated rings. The quantitative estimate of drug-likeness (QED) is 0.164. The number of aryl methyl sites for hydroxylation is 1. The Morgan fingerprint density at radius 2 is 1.90 bits per heavy atom. The first kappa shape index (κ1) is 37.0. The summed E-state index contributed by atoms with van der Waals surface area (Å²) in [6.07, 6.45) is 16.9. The van der Waals surface area contributed by atoms with Crippen LogP contribution in [0.5, 0.6) is 5.75 Å². The SMILES string of the molecule is CO[C@H]1/C=C/C=C/C=C/CC(OC(=O)[C@@H](C)NC(=O)C2CCCCC2)[C@H](C)[C@@H](O)/C(C)=C\CCc2c(O)c(cc3ncsc23)NC(=O)C1. The highest BCUT2D eigenvalue weighted by Gasteiger charge is 2.31. The third kappa shape index (κ3) is 10.1. The van der Waals surface area contributed by atoms with Crippen LogP contribution in [-0.2, 0) is 30.3 Å². The summed E-state index contributed by atoms with van der Waals surface area (Å²) in [4.78, 5) is 43.3. The first-order valence-electron chi connectivity index (χ1n) is 16.8. The summed E-state index contributed by atoms with van der Waals surface area (Å²) in [7, 11) is 1.53. The van der Waals surface area contributed by atoms with Gasteiger partial charge in [-0.15, -0.1) is 11.3 Å². The molecule has 4 rings (SSSR count). The van der Waals surface area contributed by atoms with Crippen LogP contribution in [0.2, 0.25) is 0 Å². The number of esters is 1. The molecule has 5 atom stereocenters. The molecule has 0 radical (unpaired) electrons. The fourth-order valence-corrected chi connectivity index (χ4v) is 7.01. The van der Waals surface area contributed by atoms with Gasteiger partial charge in [0, 0.05) is 30.9 Å². The third-order valence-corrected chi connectivity index (χ3v) is 10.1. The number of fused-ring (bicyclic) bond motifs is 4. The van der Waals surface area contributed by atoms with Crippen molar-refractivity contribution in [1.29, 1.82) is 0 Å². The molecule has 2 aromatic rings. The molecule has 1 aliphatic carbocycles. The number of hydrogen-bond donors (Lipinski definition) is 4. The van der Waals surface area contributed by atoms with Gasteiger partial charge in [0.15, 0.2) is 0 Å². The van der Waals surface area contributed by atoms with Crippen molar-refractivity contribution in [3.05, 3.63) is 65.2 Å². The van der Waals surface area contributed by atoms with Crippen molar-refractivity contribution in [3.8, 4) is 5.75 Å². The number of methoxy groups -OCH3 is 1. The first-order chi connectivity index (χ1) is 23.1. The minimum atomic E-state index is -0.912. The molecule has 1 aliphatic heterocycles. The summed E-state index contributed by atoms with van der Waals surface area (Å²) in [6, 6.07) is 0.850. The number of phenols is 1. The lowest BCUT2D eigenvalue weighted by atomic mass is 9.88. The molecule has 1 saturated carbocycles. The first-order valence-corrected chi connectivity index (χ1v) is 17.7. The highest BCUT2D eigenvalue weighted by atomic mass is 32.1. The van der Waals surface area contributed by atoms with Gasteiger partial charge in [-0.05, 0) is 51.2 Å². The van der Waals surface area contributed by atoms with Crippen LogP contribution in [-0.4, -0.2) is 64.4 Å². The standard InChI is InChI=1S/C37H49N3O7S/c1-23-14-13-18-28-34(43)29(21-30-35(28)48-22-38-30)40-32(41)20-27(46-4)17-11-6-5-7-12-19-31(24(2)33(23)42)47-37(45)25(3)39-36(44)26-15-9-8-10-16-26/h5-7,11-12,14,17,21-22,24-27,31,33,42-43H,8-10,13,15-16,18-20H2,1-4H3,(H,39,44)(H,40,41)/b6-5+,12-7+,17-11+,23-14-/t24-,25+,27-,31?,33-/m0/s1. The van der Waals surface area contributed by atoms with E-state index in [1.54, 1.807) is 36.7 Å². The van der Waals surface area contributed by atoms with Crippen molar-refractivity contribution in [2.75, 3.05) is 12.4 Å². The number of nitrogens with zero attached hydrogens (tertiary/aromatic N) is 1. The van der Waals surface area contributed by atoms with Gasteiger partial charge >= 0.3 is 5.97 Å². The number of anilines is 1. The minimum Gasteiger partial charge on any atom is -0.505 e. The molecule has 1 unspecified atom stereocenters. The van der Waals surface area contributed by atoms with Crippen LogP contribution in [0.15, 0.2) is 59.7 Å². The van der Waals surface area contributed by atoms with Crippen LogP contribution in [0, 0.1) is 11.8 Å². The summed E-state index contributed by atoms with van der Waals surface area (Å²) in [6.45, 7) is 5.31. The van der Waals surface area contributed by atoms with E-state index < -0.39 is 36.2 Å². The average Bonchev–Trinajstić information content (AvgIpc) is 3.55. The summed E-state index contributed by atoms with van der Waals surface area (Å²) >= 11 is 1.41. The maximum Gasteiger partial charge on any atom is 0.328 e. The van der Waals surface area contributed by atoms with Crippen LogP contribution in [0.1, 0.15) is 77.7 Å². The molecule has 48 heavy (non-hydrogen) atoms. The number of carbonyl (C=O) groups excluding carboxylic acids is 3. The zero-order chi connectivity index (χ0) is 34.6. The monoisotopic (exact) mass is 679 g/mol. The number of ether oxygens (including phenoxy) is 2. The Labute approximate surface area is 287 Å². The highest BCUT2D eigenvalue weighted by Crippen LogP contribution is 2.38. The van der Waals surface area contributed by atoms with E-state index in [0.717, 1.165) is 36.8 Å². The number of nitrogens with one attached hydrogen (secondary N) is 2. The molecule has 1 aromatic carbocycles. The number of thiazole rings is 1. The Balaban J connectivity index is 1.56. The van der Waals surface area contributed by atoms with Crippen molar-refractivity contribution < 1.29 is 34.1 Å². The number of aromatic nitrogens is 1. The highest BCUT2D eigenvalue weighted by molar-refractivity contribution is 7.17. The maximum atomic E-state index is 13.2. The fourth-order valence-electron chi connectivity index (χ4n) is 6.17. The molecular formula is C37H49N3O7S. The fraction of sp³-hybridized carbons (Fsp3) is 0.514. The molecule has 260 valence electrons. The minimum absolute atomic E-state index is 0.0128. The number of amides is 2. The number of aliphatic hydroxyl groups is 1. The van der Waals surface area contributed by atoms with Crippen molar-refractivity contribution >= 4 is 45.0 Å². The number of benzene rings is 1. The van der Waals surface area contributed by atoms with Crippen molar-refractivity contribution in [2.24, 2.45) is 11.8 Å². The Hall–Kier alpha value is -3.80. The van der Waals surface area contributed by atoms with Gasteiger partial charge in [-0.2, -0.15) is 0 Å². The van der Waals surface area contributed by atoms with E-state index in [1.807, 2.05) is 38.2 Å². The molecule has 1 aromatic heterocycles. The Morgan fingerprint density at radius 1 is 1.15 bits per heavy atom. The van der Waals surface area contributed by atoms with E-state index in [-0.39, 0.29) is 35.6 Å². The second kappa shape index (κ2) is 18.1. The second-order valence-corrected chi connectivity index (χ2v) is 13.6. The predicted octanol–water partition coefficient (Wildman–Crippen LogP) is 6.29. The molecule has 0 spiro atoms. The molecule has 0 saturated heterocycles. The lowest BCUT2D eigenvalue weighted by Gasteiger charge is -2.29. The molecule has 10 nitrogen and oxygen atoms in total. The zero-order valence-electron chi connectivity index (χ0n) is 28.3. The summed E-state index contributed by atoms with van der Waals surface area (Å²) in [5.74, 6) is -1.52. The summed E-state index contributed by atoms with van der Waals surface area (Å²) in [5.41, 5.74) is 4.03. The Morgan fingerprint density at radius 3 is 2.65 bits per heavy atom. The average molecular weight is 680 g/mol. The number of aliphatic hydroxyl groups excluding tert-OH is 1. The lowest BCUT2D eigenvalue weighted by Crippen LogP contribution is -2.45. The predicted molar refractivity (Wildman–Crippen MR) is 189 cm³/mol. The van der Waals surface area contributed by atoms with Gasteiger partial charge in [-0.3, -0.25) is 9.59 Å². The largest absolute Gasteiger partial charge is 0.505 e. The number of rotatable bonds is 5. The third-order valence-electron chi connectivity index (χ3n) is 9.19. The summed E-state index contributed by atoms with van der Waals surface area (Å²) < 4.78 is 12.3. The number of carbonyl (C=O) groups is 3. The Bertz CT molecular complexity index is 1540. The second-order valence-electron chi connectivity index (χ2n) is 12.7. The van der Waals surface area contributed by atoms with Crippen molar-refractivity contribution in [3.63, 3.8) is 0 Å². The van der Waals surface area contributed by atoms with Gasteiger partial charge in [0.1, 0.15) is 17.9 Å². The van der Waals surface area contributed by atoms with E-state index >= 15 is 0 Å². The van der Waals surface area contributed by atoms with Crippen LogP contribution < -0.4 is 10.6 Å². The number of allylic oxidation sites excluding steroid dienone is 5. The Kier molecular flexibility index (Phi) is 14.0. The van der Waals surface area contributed by atoms with Crippen molar-refractivity contribution in [1.82, 2.24) is 10.3 Å². The van der Waals surface area contributed by atoms with Gasteiger partial charge in [-0.1, -0.05) is 68.7 Å². The van der Waals surface area contributed by atoms with Gasteiger partial charge in [-0.25, -0.2) is 9.78 Å². The van der Waals surface area contributed by atoms with E-state index in [1.165, 1.54) is 18.4 Å². The molecule has 2 aliphatic rings. The van der Waals surface area contributed by atoms with E-state index in [2.05, 4.69) is 15.6 Å². The number of phenolic OH excluding ortho intramolecular Hbond substituents is 1. The molecule has 2 amide bonds. The van der Waals surface area contributed by atoms with E-state index in [9.17, 15) is 24.6 Å². The smallest absolute Gasteiger partial charge is 0.328 e. The summed E-state index contributed by atoms with van der Waals surface area (Å²) in [5, 5.41) is 28.3. The van der Waals surface area contributed by atoms with Crippen molar-refractivity contribution in [2.45, 2.75) is 103 Å². The molecule has 2 bridgehead atoms. The normalized spacial score (nSPS) is 27.4. The van der Waals surface area contributed by atoms with E-state index in [4.69, 9.17) is 9.47 Å². The molecular weight excluding hydrogens is 630 g/mol. The van der Waals surface area contributed by atoms with Crippen LogP contribution >= 0.6 is 11.3 Å². The number of hydrogen-bond acceptors (Lipinski definition) is 9. The zero-order valence-corrected chi connectivity index (χ0v) is 29.1.